The van der Waals surface area contributed by atoms with Gasteiger partial charge in [-0.3, -0.25) is 9.59 Å². The average Bonchev–Trinajstić information content (AvgIpc) is 2.78. The summed E-state index contributed by atoms with van der Waals surface area (Å²) in [5.41, 5.74) is 2.31. The average molecular weight is 400 g/mol. The normalized spacial score (nSPS) is 10.4. The van der Waals surface area contributed by atoms with Gasteiger partial charge in [0.05, 0.1) is 18.4 Å². The molecule has 0 bridgehead atoms. The lowest BCUT2D eigenvalue weighted by Gasteiger charge is -2.10. The molecule has 0 aromatic heterocycles. The van der Waals surface area contributed by atoms with E-state index in [1.165, 1.54) is 13.2 Å². The van der Waals surface area contributed by atoms with Gasteiger partial charge in [-0.05, 0) is 42.0 Å². The van der Waals surface area contributed by atoms with Gasteiger partial charge < -0.3 is 15.4 Å². The highest BCUT2D eigenvalue weighted by molar-refractivity contribution is 6.09. The summed E-state index contributed by atoms with van der Waals surface area (Å²) < 4.78 is 4.74. The molecule has 0 aliphatic carbocycles. The summed E-state index contributed by atoms with van der Waals surface area (Å²) in [6.45, 7) is 0. The summed E-state index contributed by atoms with van der Waals surface area (Å²) >= 11 is 0. The van der Waals surface area contributed by atoms with E-state index in [0.29, 0.717) is 16.9 Å². The number of carbonyl (C=O) groups excluding carboxylic acids is 3. The van der Waals surface area contributed by atoms with Gasteiger partial charge in [-0.1, -0.05) is 48.5 Å². The molecule has 0 unspecified atom stereocenters. The number of para-hydroxylation sites is 1. The Morgan fingerprint density at radius 1 is 0.833 bits per heavy atom. The lowest BCUT2D eigenvalue weighted by Crippen LogP contribution is -2.16. The number of esters is 1. The maximum Gasteiger partial charge on any atom is 0.339 e. The molecule has 0 aliphatic rings. The van der Waals surface area contributed by atoms with E-state index in [1.54, 1.807) is 54.6 Å². The van der Waals surface area contributed by atoms with Crippen LogP contribution in [0.4, 0.5) is 11.4 Å². The molecule has 3 aromatic carbocycles. The molecule has 0 saturated heterocycles. The fourth-order valence-corrected chi connectivity index (χ4v) is 2.73. The topological polar surface area (TPSA) is 84.5 Å². The van der Waals surface area contributed by atoms with Crippen LogP contribution in [0.3, 0.4) is 0 Å². The van der Waals surface area contributed by atoms with E-state index < -0.39 is 11.9 Å². The van der Waals surface area contributed by atoms with E-state index in [9.17, 15) is 14.4 Å². The van der Waals surface area contributed by atoms with Crippen molar-refractivity contribution >= 4 is 35.2 Å². The molecule has 2 amide bonds. The Labute approximate surface area is 174 Å². The summed E-state index contributed by atoms with van der Waals surface area (Å²) in [7, 11) is 1.28. The van der Waals surface area contributed by atoms with Gasteiger partial charge >= 0.3 is 5.97 Å². The van der Waals surface area contributed by atoms with Crippen LogP contribution in [-0.2, 0) is 9.53 Å². The molecule has 0 fully saturated rings. The van der Waals surface area contributed by atoms with Crippen LogP contribution in [-0.4, -0.2) is 24.9 Å². The standard InChI is InChI=1S/C24H20N2O4/c1-30-24(29)20-12-5-6-13-21(20)26-23(28)18-10-7-11-19(16-18)25-22(27)15-14-17-8-3-2-4-9-17/h2-16H,1H3,(H,25,27)(H,26,28)/b15-14+. The zero-order chi connectivity index (χ0) is 21.3. The summed E-state index contributed by atoms with van der Waals surface area (Å²) in [5.74, 6) is -1.27. The summed E-state index contributed by atoms with van der Waals surface area (Å²) in [6.07, 6.45) is 3.13. The Hall–Kier alpha value is -4.19. The van der Waals surface area contributed by atoms with Crippen molar-refractivity contribution in [3.8, 4) is 0 Å². The molecule has 0 saturated carbocycles. The molecular formula is C24H20N2O4. The molecule has 0 radical (unpaired) electrons. The largest absolute Gasteiger partial charge is 0.465 e. The number of amides is 2. The maximum absolute atomic E-state index is 12.6. The summed E-state index contributed by atoms with van der Waals surface area (Å²) in [6, 6.07) is 22.6. The second kappa shape index (κ2) is 9.84. The fourth-order valence-electron chi connectivity index (χ4n) is 2.73. The van der Waals surface area contributed by atoms with Gasteiger partial charge in [0.2, 0.25) is 5.91 Å². The van der Waals surface area contributed by atoms with Crippen LogP contribution in [0.15, 0.2) is 84.9 Å². The number of nitrogens with one attached hydrogen (secondary N) is 2. The zero-order valence-corrected chi connectivity index (χ0v) is 16.3. The number of ether oxygens (including phenoxy) is 1. The third-order valence-corrected chi connectivity index (χ3v) is 4.20. The molecule has 3 aromatic rings. The lowest BCUT2D eigenvalue weighted by molar-refractivity contribution is -0.111. The van der Waals surface area contributed by atoms with Gasteiger partial charge in [0.1, 0.15) is 0 Å². The highest BCUT2D eigenvalue weighted by Gasteiger charge is 2.14. The van der Waals surface area contributed by atoms with Crippen molar-refractivity contribution in [1.82, 2.24) is 0 Å². The summed E-state index contributed by atoms with van der Waals surface area (Å²) in [5, 5.41) is 5.43. The van der Waals surface area contributed by atoms with Crippen LogP contribution in [0.5, 0.6) is 0 Å². The number of methoxy groups -OCH3 is 1. The number of anilines is 2. The molecule has 0 spiro atoms. The van der Waals surface area contributed by atoms with Crippen LogP contribution in [0.25, 0.3) is 6.08 Å². The monoisotopic (exact) mass is 400 g/mol. The van der Waals surface area contributed by atoms with Gasteiger partial charge in [-0.25, -0.2) is 4.79 Å². The minimum atomic E-state index is -0.544. The van der Waals surface area contributed by atoms with Gasteiger partial charge in [0, 0.05) is 17.3 Å². The molecule has 0 atom stereocenters. The van der Waals surface area contributed by atoms with Gasteiger partial charge in [0.15, 0.2) is 0 Å². The molecule has 0 aliphatic heterocycles. The van der Waals surface area contributed by atoms with Crippen LogP contribution in [0.1, 0.15) is 26.3 Å². The molecular weight excluding hydrogens is 380 g/mol. The number of carbonyl (C=O) groups is 3. The predicted molar refractivity (Wildman–Crippen MR) is 116 cm³/mol. The zero-order valence-electron chi connectivity index (χ0n) is 16.3. The number of hydrogen-bond acceptors (Lipinski definition) is 4. The molecule has 3 rings (SSSR count). The Kier molecular flexibility index (Phi) is 6.74. The molecule has 150 valence electrons. The predicted octanol–water partition coefficient (Wildman–Crippen LogP) is 4.38. The Bertz CT molecular complexity index is 1090. The van der Waals surface area contributed by atoms with Gasteiger partial charge in [-0.15, -0.1) is 0 Å². The maximum atomic E-state index is 12.6. The van der Waals surface area contributed by atoms with E-state index in [4.69, 9.17) is 4.74 Å². The van der Waals surface area contributed by atoms with E-state index in [0.717, 1.165) is 5.56 Å². The van der Waals surface area contributed by atoms with Crippen molar-refractivity contribution in [2.24, 2.45) is 0 Å². The smallest absolute Gasteiger partial charge is 0.339 e. The van der Waals surface area contributed by atoms with Crippen molar-refractivity contribution < 1.29 is 19.1 Å². The first-order valence-electron chi connectivity index (χ1n) is 9.19. The molecule has 30 heavy (non-hydrogen) atoms. The van der Waals surface area contributed by atoms with E-state index in [2.05, 4.69) is 10.6 Å². The lowest BCUT2D eigenvalue weighted by atomic mass is 10.1. The van der Waals surface area contributed by atoms with E-state index >= 15 is 0 Å². The molecule has 2 N–H and O–H groups in total. The minimum Gasteiger partial charge on any atom is -0.465 e. The van der Waals surface area contributed by atoms with Crippen LogP contribution in [0.2, 0.25) is 0 Å². The summed E-state index contributed by atoms with van der Waals surface area (Å²) in [4.78, 5) is 36.7. The van der Waals surface area contributed by atoms with Gasteiger partial charge in [-0.2, -0.15) is 0 Å². The van der Waals surface area contributed by atoms with Crippen molar-refractivity contribution in [3.05, 3.63) is 102 Å². The highest BCUT2D eigenvalue weighted by Crippen LogP contribution is 2.18. The van der Waals surface area contributed by atoms with E-state index in [1.807, 2.05) is 30.3 Å². The second-order valence-corrected chi connectivity index (χ2v) is 6.31. The fraction of sp³-hybridized carbons (Fsp3) is 0.0417. The number of rotatable bonds is 6. The first-order chi connectivity index (χ1) is 14.6. The third-order valence-electron chi connectivity index (χ3n) is 4.20. The second-order valence-electron chi connectivity index (χ2n) is 6.31. The number of benzene rings is 3. The number of hydrogen-bond donors (Lipinski definition) is 2. The SMILES string of the molecule is COC(=O)c1ccccc1NC(=O)c1cccc(NC(=O)/C=C/c2ccccc2)c1. The third kappa shape index (κ3) is 5.42. The van der Waals surface area contributed by atoms with Crippen LogP contribution >= 0.6 is 0 Å². The Balaban J connectivity index is 1.69. The van der Waals surface area contributed by atoms with Crippen molar-refractivity contribution in [3.63, 3.8) is 0 Å². The Morgan fingerprint density at radius 3 is 2.33 bits per heavy atom. The molecule has 6 heteroatoms. The van der Waals surface area contributed by atoms with Crippen molar-refractivity contribution in [1.29, 1.82) is 0 Å². The molecule has 6 nitrogen and oxygen atoms in total. The first kappa shape index (κ1) is 20.5. The molecule has 0 heterocycles. The van der Waals surface area contributed by atoms with Crippen LogP contribution < -0.4 is 10.6 Å². The highest BCUT2D eigenvalue weighted by atomic mass is 16.5. The first-order valence-corrected chi connectivity index (χ1v) is 9.19. The van der Waals surface area contributed by atoms with Gasteiger partial charge in [0.25, 0.3) is 5.91 Å². The minimum absolute atomic E-state index is 0.254. The quantitative estimate of drug-likeness (QED) is 0.475. The van der Waals surface area contributed by atoms with Crippen LogP contribution in [0, 0.1) is 0 Å². The van der Waals surface area contributed by atoms with Crippen molar-refractivity contribution in [2.75, 3.05) is 17.7 Å². The van der Waals surface area contributed by atoms with Crippen molar-refractivity contribution in [2.45, 2.75) is 0 Å². The Morgan fingerprint density at radius 2 is 1.57 bits per heavy atom. The van der Waals surface area contributed by atoms with E-state index in [-0.39, 0.29) is 11.5 Å².